The lowest BCUT2D eigenvalue weighted by Crippen LogP contribution is -2.35. The van der Waals surface area contributed by atoms with Gasteiger partial charge in [0.15, 0.2) is 5.16 Å². The van der Waals surface area contributed by atoms with Crippen LogP contribution in [0.5, 0.6) is 0 Å². The van der Waals surface area contributed by atoms with Crippen molar-refractivity contribution in [2.24, 2.45) is 0 Å². The number of hydrogen-bond donors (Lipinski definition) is 1. The van der Waals surface area contributed by atoms with Crippen molar-refractivity contribution in [3.8, 4) is 0 Å². The van der Waals surface area contributed by atoms with Crippen LogP contribution < -0.4 is 10.2 Å². The van der Waals surface area contributed by atoms with Crippen LogP contribution in [0.15, 0.2) is 29.4 Å². The predicted octanol–water partition coefficient (Wildman–Crippen LogP) is 2.96. The molecule has 1 amide bonds. The smallest absolute Gasteiger partial charge is 0.230 e. The average molecular weight is 374 g/mol. The number of nitrogens with one attached hydrogen (secondary N) is 1. The minimum Gasteiger partial charge on any atom is -0.370 e. The Bertz CT molecular complexity index is 756. The maximum absolute atomic E-state index is 12.2. The number of rotatable bonds is 9. The number of anilines is 1. The van der Waals surface area contributed by atoms with E-state index in [0.717, 1.165) is 24.1 Å². The van der Waals surface area contributed by atoms with Gasteiger partial charge in [0.05, 0.1) is 5.75 Å². The summed E-state index contributed by atoms with van der Waals surface area (Å²) >= 11 is 1.47. The van der Waals surface area contributed by atoms with Crippen LogP contribution in [0.3, 0.4) is 0 Å². The fraction of sp³-hybridized carbons (Fsp3) is 0.526. The molecule has 7 heteroatoms. The van der Waals surface area contributed by atoms with E-state index in [1.54, 1.807) is 0 Å². The first-order chi connectivity index (χ1) is 12.6. The van der Waals surface area contributed by atoms with Crippen molar-refractivity contribution in [1.82, 2.24) is 20.1 Å². The van der Waals surface area contributed by atoms with Gasteiger partial charge in [0.2, 0.25) is 5.91 Å². The number of amides is 1. The average Bonchev–Trinajstić information content (AvgIpc) is 3.39. The number of benzene rings is 1. The highest BCUT2D eigenvalue weighted by Gasteiger charge is 2.28. The van der Waals surface area contributed by atoms with Crippen molar-refractivity contribution in [2.75, 3.05) is 30.3 Å². The Morgan fingerprint density at radius 1 is 1.35 bits per heavy atom. The van der Waals surface area contributed by atoms with Crippen molar-refractivity contribution in [1.29, 1.82) is 0 Å². The van der Waals surface area contributed by atoms with Gasteiger partial charge in [0.25, 0.3) is 0 Å². The first-order valence-corrected chi connectivity index (χ1v) is 10.2. The van der Waals surface area contributed by atoms with Crippen molar-refractivity contribution >= 4 is 23.4 Å². The van der Waals surface area contributed by atoms with Crippen LogP contribution in [-0.2, 0) is 4.79 Å². The second-order valence-electron chi connectivity index (χ2n) is 6.69. The van der Waals surface area contributed by atoms with Crippen molar-refractivity contribution in [2.45, 2.75) is 44.8 Å². The monoisotopic (exact) mass is 373 g/mol. The summed E-state index contributed by atoms with van der Waals surface area (Å²) < 4.78 is 2.16. The quantitative estimate of drug-likeness (QED) is 0.685. The molecule has 26 heavy (non-hydrogen) atoms. The fourth-order valence-electron chi connectivity index (χ4n) is 3.01. The number of carbonyl (C=O) groups is 1. The van der Waals surface area contributed by atoms with Crippen molar-refractivity contribution in [3.63, 3.8) is 0 Å². The standard InChI is InChI=1S/C19H27N5OS/c1-4-23(17-7-5-6-14(2)12-17)11-10-20-18(25)13-26-19-22-21-15(3)24(19)16-8-9-16/h5-7,12,16H,4,8-11,13H2,1-3H3,(H,20,25). The number of aromatic nitrogens is 3. The molecule has 0 spiro atoms. The van der Waals surface area contributed by atoms with E-state index in [0.29, 0.717) is 18.3 Å². The molecule has 2 aromatic rings. The molecule has 1 aromatic heterocycles. The van der Waals surface area contributed by atoms with E-state index in [2.05, 4.69) is 63.1 Å². The number of likely N-dealkylation sites (N-methyl/N-ethyl adjacent to an activating group) is 1. The summed E-state index contributed by atoms with van der Waals surface area (Å²) in [7, 11) is 0. The second kappa shape index (κ2) is 8.58. The molecule has 1 aliphatic carbocycles. The van der Waals surface area contributed by atoms with E-state index >= 15 is 0 Å². The highest BCUT2D eigenvalue weighted by Crippen LogP contribution is 2.38. The predicted molar refractivity (Wildman–Crippen MR) is 106 cm³/mol. The first kappa shape index (κ1) is 18.8. The molecule has 0 unspecified atom stereocenters. The normalized spacial score (nSPS) is 13.7. The summed E-state index contributed by atoms with van der Waals surface area (Å²) in [4.78, 5) is 14.4. The van der Waals surface area contributed by atoms with E-state index in [9.17, 15) is 4.79 Å². The summed E-state index contributed by atoms with van der Waals surface area (Å²) in [5.41, 5.74) is 2.44. The van der Waals surface area contributed by atoms with Crippen LogP contribution in [0.1, 0.15) is 37.2 Å². The van der Waals surface area contributed by atoms with Gasteiger partial charge in [-0.25, -0.2) is 0 Å². The lowest BCUT2D eigenvalue weighted by molar-refractivity contribution is -0.118. The molecular weight excluding hydrogens is 346 g/mol. The van der Waals surface area contributed by atoms with Crippen LogP contribution in [0.4, 0.5) is 5.69 Å². The SMILES string of the molecule is CCN(CCNC(=O)CSc1nnc(C)n1C1CC1)c1cccc(C)c1. The molecule has 1 saturated carbocycles. The van der Waals surface area contributed by atoms with Crippen LogP contribution in [-0.4, -0.2) is 46.1 Å². The third-order valence-electron chi connectivity index (χ3n) is 4.53. The zero-order valence-electron chi connectivity index (χ0n) is 15.7. The number of carbonyl (C=O) groups excluding carboxylic acids is 1. The Kier molecular flexibility index (Phi) is 6.19. The number of thioether (sulfide) groups is 1. The van der Waals surface area contributed by atoms with Gasteiger partial charge in [-0.1, -0.05) is 23.9 Å². The van der Waals surface area contributed by atoms with Crippen molar-refractivity contribution in [3.05, 3.63) is 35.7 Å². The Morgan fingerprint density at radius 3 is 2.85 bits per heavy atom. The number of hydrogen-bond acceptors (Lipinski definition) is 5. The van der Waals surface area contributed by atoms with Gasteiger partial charge >= 0.3 is 0 Å². The molecule has 0 aliphatic heterocycles. The summed E-state index contributed by atoms with van der Waals surface area (Å²) in [6.45, 7) is 8.55. The molecule has 3 rings (SSSR count). The molecule has 1 aliphatic rings. The minimum atomic E-state index is 0.0401. The van der Waals surface area contributed by atoms with Crippen LogP contribution in [0, 0.1) is 13.8 Å². The molecule has 1 fully saturated rings. The van der Waals surface area contributed by atoms with E-state index in [-0.39, 0.29) is 5.91 Å². The topological polar surface area (TPSA) is 63.1 Å². The Hall–Kier alpha value is -2.02. The molecule has 140 valence electrons. The summed E-state index contributed by atoms with van der Waals surface area (Å²) in [5, 5.41) is 12.2. The number of aryl methyl sites for hydroxylation is 2. The Morgan fingerprint density at radius 2 is 2.15 bits per heavy atom. The zero-order valence-corrected chi connectivity index (χ0v) is 16.6. The Balaban J connectivity index is 1.44. The van der Waals surface area contributed by atoms with Gasteiger partial charge < -0.3 is 14.8 Å². The van der Waals surface area contributed by atoms with E-state index in [4.69, 9.17) is 0 Å². The van der Waals surface area contributed by atoms with Crippen molar-refractivity contribution < 1.29 is 4.79 Å². The van der Waals surface area contributed by atoms with E-state index in [1.807, 2.05) is 6.92 Å². The lowest BCUT2D eigenvalue weighted by atomic mass is 10.2. The Labute approximate surface area is 159 Å². The van der Waals surface area contributed by atoms with E-state index < -0.39 is 0 Å². The van der Waals surface area contributed by atoms with Crippen LogP contribution >= 0.6 is 11.8 Å². The molecule has 0 radical (unpaired) electrons. The van der Waals surface area contributed by atoms with E-state index in [1.165, 1.54) is 35.9 Å². The number of nitrogens with zero attached hydrogens (tertiary/aromatic N) is 4. The van der Waals surface area contributed by atoms with Gasteiger partial charge in [0.1, 0.15) is 5.82 Å². The fourth-order valence-corrected chi connectivity index (χ4v) is 3.89. The van der Waals surface area contributed by atoms with Gasteiger partial charge in [-0.2, -0.15) is 0 Å². The summed E-state index contributed by atoms with van der Waals surface area (Å²) in [6, 6.07) is 8.98. The maximum Gasteiger partial charge on any atom is 0.230 e. The third kappa shape index (κ3) is 4.78. The highest BCUT2D eigenvalue weighted by molar-refractivity contribution is 7.99. The third-order valence-corrected chi connectivity index (χ3v) is 5.47. The maximum atomic E-state index is 12.2. The lowest BCUT2D eigenvalue weighted by Gasteiger charge is -2.23. The summed E-state index contributed by atoms with van der Waals surface area (Å²) in [5.74, 6) is 1.35. The molecule has 1 aromatic carbocycles. The van der Waals surface area contributed by atoms with Gasteiger partial charge in [0, 0.05) is 31.4 Å². The molecule has 0 bridgehead atoms. The molecule has 1 N–H and O–H groups in total. The molecule has 1 heterocycles. The second-order valence-corrected chi connectivity index (χ2v) is 7.63. The van der Waals surface area contributed by atoms with Gasteiger partial charge in [-0.3, -0.25) is 4.79 Å². The molecule has 6 nitrogen and oxygen atoms in total. The first-order valence-electron chi connectivity index (χ1n) is 9.21. The van der Waals surface area contributed by atoms with Gasteiger partial charge in [-0.05, 0) is 51.3 Å². The van der Waals surface area contributed by atoms with Gasteiger partial charge in [-0.15, -0.1) is 10.2 Å². The van der Waals surface area contributed by atoms with Crippen LogP contribution in [0.2, 0.25) is 0 Å². The van der Waals surface area contributed by atoms with Crippen LogP contribution in [0.25, 0.3) is 0 Å². The minimum absolute atomic E-state index is 0.0401. The molecule has 0 atom stereocenters. The molecule has 0 saturated heterocycles. The summed E-state index contributed by atoms with van der Waals surface area (Å²) in [6.07, 6.45) is 2.37. The largest absolute Gasteiger partial charge is 0.370 e. The molecular formula is C19H27N5OS. The highest BCUT2D eigenvalue weighted by atomic mass is 32.2. The zero-order chi connectivity index (χ0) is 18.5.